The molecule has 6 rings (SSSR count). The van der Waals surface area contributed by atoms with Gasteiger partial charge >= 0.3 is 0 Å². The minimum atomic E-state index is -3.70. The summed E-state index contributed by atoms with van der Waals surface area (Å²) in [5.41, 5.74) is 2.35. The van der Waals surface area contributed by atoms with Crippen LogP contribution in [0.15, 0.2) is 95.9 Å². The SMILES string of the molecule is O=C(Nc1cccc(-c2ccc(S(=O)(=O)N3CCC[C@@H]3CO)cc2)n1)C1(c2ccc(Cl)c(COc3ccccc3)c2)CC1. The summed E-state index contributed by atoms with van der Waals surface area (Å²) in [7, 11) is -3.70. The van der Waals surface area contributed by atoms with Crippen LogP contribution in [0.2, 0.25) is 5.02 Å². The van der Waals surface area contributed by atoms with Gasteiger partial charge in [0.2, 0.25) is 15.9 Å². The molecule has 4 aromatic rings. The van der Waals surface area contributed by atoms with Crippen molar-refractivity contribution in [2.45, 2.75) is 48.6 Å². The zero-order chi connectivity index (χ0) is 30.0. The van der Waals surface area contributed by atoms with Crippen LogP contribution in [0.3, 0.4) is 0 Å². The molecule has 0 radical (unpaired) electrons. The van der Waals surface area contributed by atoms with Crippen molar-refractivity contribution < 1.29 is 23.1 Å². The van der Waals surface area contributed by atoms with Crippen molar-refractivity contribution in [3.05, 3.63) is 107 Å². The van der Waals surface area contributed by atoms with Gasteiger partial charge in [-0.2, -0.15) is 4.31 Å². The number of hydrogen-bond acceptors (Lipinski definition) is 6. The van der Waals surface area contributed by atoms with Gasteiger partial charge in [0.15, 0.2) is 0 Å². The summed E-state index contributed by atoms with van der Waals surface area (Å²) < 4.78 is 33.5. The van der Waals surface area contributed by atoms with E-state index in [2.05, 4.69) is 10.3 Å². The van der Waals surface area contributed by atoms with Crippen LogP contribution in [0, 0.1) is 0 Å². The van der Waals surface area contributed by atoms with Crippen LogP contribution >= 0.6 is 11.6 Å². The number of sulfonamides is 1. The number of carbonyl (C=O) groups is 1. The van der Waals surface area contributed by atoms with Crippen molar-refractivity contribution in [3.63, 3.8) is 0 Å². The first-order chi connectivity index (χ1) is 20.8. The predicted octanol–water partition coefficient (Wildman–Crippen LogP) is 5.80. The topological polar surface area (TPSA) is 109 Å². The first-order valence-corrected chi connectivity index (χ1v) is 16.1. The maximum Gasteiger partial charge on any atom is 0.243 e. The van der Waals surface area contributed by atoms with Crippen molar-refractivity contribution in [2.24, 2.45) is 0 Å². The average Bonchev–Trinajstić information content (AvgIpc) is 3.70. The molecule has 1 aliphatic carbocycles. The van der Waals surface area contributed by atoms with Crippen molar-refractivity contribution >= 4 is 33.3 Å². The zero-order valence-corrected chi connectivity index (χ0v) is 25.0. The maximum atomic E-state index is 13.5. The summed E-state index contributed by atoms with van der Waals surface area (Å²) in [5, 5.41) is 13.1. The number of aliphatic hydroxyl groups is 1. The second kappa shape index (κ2) is 12.1. The third kappa shape index (κ3) is 6.03. The lowest BCUT2D eigenvalue weighted by Crippen LogP contribution is -2.37. The van der Waals surface area contributed by atoms with Crippen LogP contribution in [0.5, 0.6) is 5.75 Å². The van der Waals surface area contributed by atoms with Crippen molar-refractivity contribution in [1.82, 2.24) is 9.29 Å². The fraction of sp³-hybridized carbons (Fsp3) is 0.273. The molecule has 2 aliphatic rings. The molecule has 8 nitrogen and oxygen atoms in total. The van der Waals surface area contributed by atoms with Crippen molar-refractivity contribution in [3.8, 4) is 17.0 Å². The summed E-state index contributed by atoms with van der Waals surface area (Å²) in [6.07, 6.45) is 2.81. The Hall–Kier alpha value is -3.76. The molecule has 1 aliphatic heterocycles. The Morgan fingerprint density at radius 3 is 2.51 bits per heavy atom. The van der Waals surface area contributed by atoms with Crippen LogP contribution in [0.25, 0.3) is 11.3 Å². The molecule has 0 bridgehead atoms. The van der Waals surface area contributed by atoms with Crippen LogP contribution < -0.4 is 10.1 Å². The lowest BCUT2D eigenvalue weighted by Gasteiger charge is -2.22. The largest absolute Gasteiger partial charge is 0.489 e. The highest BCUT2D eigenvalue weighted by Gasteiger charge is 2.51. The Balaban J connectivity index is 1.16. The number of aliphatic hydroxyl groups excluding tert-OH is 1. The van der Waals surface area contributed by atoms with E-state index in [9.17, 15) is 18.3 Å². The fourth-order valence-corrected chi connectivity index (χ4v) is 7.43. The smallest absolute Gasteiger partial charge is 0.243 e. The molecule has 1 atom stereocenters. The lowest BCUT2D eigenvalue weighted by atomic mass is 9.93. The molecule has 1 saturated heterocycles. The molecule has 10 heteroatoms. The minimum Gasteiger partial charge on any atom is -0.489 e. The Kier molecular flexibility index (Phi) is 8.24. The van der Waals surface area contributed by atoms with Gasteiger partial charge in [0.1, 0.15) is 18.2 Å². The second-order valence-electron chi connectivity index (χ2n) is 11.0. The number of ether oxygens (including phenoxy) is 1. The summed E-state index contributed by atoms with van der Waals surface area (Å²) >= 11 is 6.46. The lowest BCUT2D eigenvalue weighted by molar-refractivity contribution is -0.118. The number of pyridine rings is 1. The number of nitrogens with one attached hydrogen (secondary N) is 1. The summed E-state index contributed by atoms with van der Waals surface area (Å²) in [5.74, 6) is 1.02. The monoisotopic (exact) mass is 617 g/mol. The highest BCUT2D eigenvalue weighted by molar-refractivity contribution is 7.89. The van der Waals surface area contributed by atoms with E-state index in [4.69, 9.17) is 16.3 Å². The Labute approximate surface area is 256 Å². The van der Waals surface area contributed by atoms with E-state index in [0.29, 0.717) is 42.3 Å². The van der Waals surface area contributed by atoms with Gasteiger partial charge in [-0.25, -0.2) is 13.4 Å². The second-order valence-corrected chi connectivity index (χ2v) is 13.3. The van der Waals surface area contributed by atoms with E-state index >= 15 is 0 Å². The number of amides is 1. The van der Waals surface area contributed by atoms with Gasteiger partial charge in [-0.15, -0.1) is 0 Å². The number of hydrogen-bond donors (Lipinski definition) is 2. The van der Waals surface area contributed by atoms with E-state index in [-0.39, 0.29) is 30.1 Å². The Bertz CT molecular complexity index is 1730. The third-order valence-electron chi connectivity index (χ3n) is 8.20. The molecule has 1 amide bonds. The molecular formula is C33H32ClN3O5S. The quantitative estimate of drug-likeness (QED) is 0.233. The zero-order valence-electron chi connectivity index (χ0n) is 23.4. The van der Waals surface area contributed by atoms with E-state index in [1.165, 1.54) is 4.31 Å². The first-order valence-electron chi connectivity index (χ1n) is 14.3. The first kappa shape index (κ1) is 29.3. The summed E-state index contributed by atoms with van der Waals surface area (Å²) in [4.78, 5) is 18.4. The van der Waals surface area contributed by atoms with Gasteiger partial charge in [-0.1, -0.05) is 54.1 Å². The molecule has 3 aromatic carbocycles. The summed E-state index contributed by atoms with van der Waals surface area (Å²) in [6.45, 7) is 0.500. The molecule has 1 saturated carbocycles. The van der Waals surface area contributed by atoms with Gasteiger partial charge < -0.3 is 15.2 Å². The van der Waals surface area contributed by atoms with E-state index in [0.717, 1.165) is 28.9 Å². The highest BCUT2D eigenvalue weighted by Crippen LogP contribution is 2.49. The average molecular weight is 618 g/mol. The number of nitrogens with zero attached hydrogens (tertiary/aromatic N) is 2. The van der Waals surface area contributed by atoms with Crippen LogP contribution in [-0.4, -0.2) is 47.9 Å². The number of para-hydroxylation sites is 1. The highest BCUT2D eigenvalue weighted by atomic mass is 35.5. The maximum absolute atomic E-state index is 13.5. The number of halogens is 1. The Morgan fingerprint density at radius 2 is 1.79 bits per heavy atom. The van der Waals surface area contributed by atoms with Crippen LogP contribution in [-0.2, 0) is 26.8 Å². The number of anilines is 1. The Morgan fingerprint density at radius 1 is 1.02 bits per heavy atom. The number of carbonyl (C=O) groups excluding carboxylic acids is 1. The van der Waals surface area contributed by atoms with E-state index < -0.39 is 15.4 Å². The van der Waals surface area contributed by atoms with Crippen LogP contribution in [0.4, 0.5) is 5.82 Å². The number of aromatic nitrogens is 1. The van der Waals surface area contributed by atoms with Gasteiger partial charge in [0.05, 0.1) is 22.6 Å². The normalized spacial score (nSPS) is 17.9. The molecule has 0 unspecified atom stereocenters. The van der Waals surface area contributed by atoms with Crippen LogP contribution in [0.1, 0.15) is 36.8 Å². The standard InChI is InChI=1S/C33H32ClN3O5S/c34-29-16-13-25(20-24(29)22-42-27-7-2-1-3-8-27)33(17-18-33)32(39)36-31-10-4-9-30(35-31)23-11-14-28(15-12-23)43(40,41)37-19-5-6-26(37)21-38/h1-4,7-16,20,26,38H,5-6,17-19,21-22H2,(H,35,36,39)/t26-/m1/s1. The molecule has 1 aromatic heterocycles. The van der Waals surface area contributed by atoms with E-state index in [1.807, 2.05) is 54.6 Å². The van der Waals surface area contributed by atoms with Gasteiger partial charge in [-0.3, -0.25) is 4.79 Å². The molecule has 0 spiro atoms. The van der Waals surface area contributed by atoms with Gasteiger partial charge in [-0.05, 0) is 79.8 Å². The van der Waals surface area contributed by atoms with E-state index in [1.54, 1.807) is 36.4 Å². The minimum absolute atomic E-state index is 0.139. The summed E-state index contributed by atoms with van der Waals surface area (Å²) in [6, 6.07) is 26.7. The molecule has 2 heterocycles. The van der Waals surface area contributed by atoms with Crippen molar-refractivity contribution in [2.75, 3.05) is 18.5 Å². The van der Waals surface area contributed by atoms with Gasteiger partial charge in [0, 0.05) is 28.7 Å². The fourth-order valence-electron chi connectivity index (χ4n) is 5.57. The third-order valence-corrected chi connectivity index (χ3v) is 10.5. The molecule has 2 fully saturated rings. The molecular weight excluding hydrogens is 586 g/mol. The predicted molar refractivity (Wildman–Crippen MR) is 165 cm³/mol. The number of benzene rings is 3. The molecule has 222 valence electrons. The molecule has 2 N–H and O–H groups in total. The molecule has 43 heavy (non-hydrogen) atoms. The van der Waals surface area contributed by atoms with Crippen molar-refractivity contribution in [1.29, 1.82) is 0 Å². The number of rotatable bonds is 10. The van der Waals surface area contributed by atoms with Gasteiger partial charge in [0.25, 0.3) is 0 Å².